The zero-order valence-electron chi connectivity index (χ0n) is 16.6. The van der Waals surface area contributed by atoms with Crippen molar-refractivity contribution in [1.82, 2.24) is 24.5 Å². The molecule has 0 bridgehead atoms. The number of furan rings is 1. The molecule has 1 aliphatic rings. The number of nitrogens with zero attached hydrogens (tertiary/aromatic N) is 5. The lowest BCUT2D eigenvalue weighted by Gasteiger charge is -2.32. The molecule has 0 saturated heterocycles. The quantitative estimate of drug-likeness (QED) is 0.697. The molecule has 1 aliphatic heterocycles. The zero-order chi connectivity index (χ0) is 21.6. The molecule has 0 saturated carbocycles. The number of aryl methyl sites for hydroxylation is 2. The Morgan fingerprint density at radius 1 is 1.40 bits per heavy atom. The third kappa shape index (κ3) is 3.66. The van der Waals surface area contributed by atoms with Crippen molar-refractivity contribution >= 4 is 11.7 Å². The van der Waals surface area contributed by atoms with Crippen LogP contribution in [0, 0.1) is 6.92 Å². The predicted molar refractivity (Wildman–Crippen MR) is 101 cm³/mol. The van der Waals surface area contributed by atoms with Crippen LogP contribution in [0.2, 0.25) is 0 Å². The van der Waals surface area contributed by atoms with Crippen LogP contribution in [0.4, 0.5) is 19.0 Å². The fraction of sp³-hybridized carbons (Fsp3) is 0.421. The summed E-state index contributed by atoms with van der Waals surface area (Å²) in [5.41, 5.74) is 1.57. The number of aromatic nitrogens is 4. The topological polar surface area (TPSA) is 81.1 Å². The van der Waals surface area contributed by atoms with E-state index in [0.717, 1.165) is 15.9 Å². The van der Waals surface area contributed by atoms with E-state index in [9.17, 15) is 18.0 Å². The van der Waals surface area contributed by atoms with Gasteiger partial charge in [-0.3, -0.25) is 9.48 Å². The molecule has 4 rings (SSSR count). The molecule has 3 aromatic heterocycles. The zero-order valence-corrected chi connectivity index (χ0v) is 16.6. The van der Waals surface area contributed by atoms with E-state index in [1.54, 1.807) is 37.1 Å². The normalized spacial score (nSPS) is 18.7. The summed E-state index contributed by atoms with van der Waals surface area (Å²) in [5, 5.41) is 11.2. The van der Waals surface area contributed by atoms with E-state index in [1.807, 2.05) is 6.92 Å². The highest BCUT2D eigenvalue weighted by Crippen LogP contribution is 2.43. The largest absolute Gasteiger partial charge is 0.467 e. The van der Waals surface area contributed by atoms with E-state index >= 15 is 0 Å². The number of anilines is 1. The van der Waals surface area contributed by atoms with Crippen LogP contribution in [0.25, 0.3) is 0 Å². The Hall–Kier alpha value is -3.24. The second-order valence-corrected chi connectivity index (χ2v) is 7.44. The molecule has 4 heterocycles. The molecule has 3 aromatic rings. The first-order chi connectivity index (χ1) is 14.1. The molecule has 0 aliphatic carbocycles. The smallest absolute Gasteiger partial charge is 0.410 e. The number of fused-ring (bicyclic) bond motifs is 1. The first kappa shape index (κ1) is 20.0. The van der Waals surface area contributed by atoms with Crippen molar-refractivity contribution in [2.75, 3.05) is 12.4 Å². The summed E-state index contributed by atoms with van der Waals surface area (Å²) >= 11 is 0. The van der Waals surface area contributed by atoms with Crippen molar-refractivity contribution in [3.05, 3.63) is 53.4 Å². The van der Waals surface area contributed by atoms with Gasteiger partial charge in [-0.05, 0) is 19.1 Å². The summed E-state index contributed by atoms with van der Waals surface area (Å²) in [6.07, 6.45) is -1.60. The Morgan fingerprint density at radius 2 is 2.17 bits per heavy atom. The van der Waals surface area contributed by atoms with Crippen molar-refractivity contribution in [1.29, 1.82) is 0 Å². The molecule has 30 heavy (non-hydrogen) atoms. The van der Waals surface area contributed by atoms with E-state index in [4.69, 9.17) is 4.42 Å². The van der Waals surface area contributed by atoms with E-state index in [-0.39, 0.29) is 24.5 Å². The van der Waals surface area contributed by atoms with Gasteiger partial charge in [0.2, 0.25) is 0 Å². The summed E-state index contributed by atoms with van der Waals surface area (Å²) in [7, 11) is 3.35. The first-order valence-corrected chi connectivity index (χ1v) is 9.34. The van der Waals surface area contributed by atoms with Crippen LogP contribution in [0.15, 0.2) is 35.1 Å². The first-order valence-electron chi connectivity index (χ1n) is 9.34. The molecule has 2 atom stereocenters. The summed E-state index contributed by atoms with van der Waals surface area (Å²) < 4.78 is 48.9. The van der Waals surface area contributed by atoms with Crippen molar-refractivity contribution in [2.45, 2.75) is 38.1 Å². The maximum atomic E-state index is 13.7. The number of carbonyl (C=O) groups excluding carboxylic acids is 1. The van der Waals surface area contributed by atoms with Crippen LogP contribution in [0.3, 0.4) is 0 Å². The highest BCUT2D eigenvalue weighted by Gasteiger charge is 2.47. The summed E-state index contributed by atoms with van der Waals surface area (Å²) in [5.74, 6) is 0.0467. The molecular weight excluding hydrogens is 401 g/mol. The van der Waals surface area contributed by atoms with Crippen LogP contribution >= 0.6 is 0 Å². The molecule has 0 unspecified atom stereocenters. The highest BCUT2D eigenvalue weighted by molar-refractivity contribution is 5.93. The minimum atomic E-state index is -4.52. The van der Waals surface area contributed by atoms with Crippen molar-refractivity contribution in [3.63, 3.8) is 0 Å². The number of halogens is 3. The second kappa shape index (κ2) is 7.22. The molecule has 8 nitrogen and oxygen atoms in total. The number of hydrogen-bond acceptors (Lipinski definition) is 5. The second-order valence-electron chi connectivity index (χ2n) is 7.44. The van der Waals surface area contributed by atoms with Gasteiger partial charge >= 0.3 is 6.18 Å². The van der Waals surface area contributed by atoms with E-state index < -0.39 is 24.2 Å². The van der Waals surface area contributed by atoms with Gasteiger partial charge in [0.05, 0.1) is 18.0 Å². The molecule has 1 amide bonds. The SMILES string of the molecule is Cc1nn(C)cc1CN(C)C(=O)c1cc2n(n1)[C@@H](C(F)(F)F)C[C@@H](c1ccco1)N2. The van der Waals surface area contributed by atoms with E-state index in [1.165, 1.54) is 17.2 Å². The molecule has 11 heteroatoms. The van der Waals surface area contributed by atoms with Crippen LogP contribution in [-0.4, -0.2) is 43.6 Å². The molecule has 160 valence electrons. The molecular formula is C19H21F3N6O2. The lowest BCUT2D eigenvalue weighted by molar-refractivity contribution is -0.174. The van der Waals surface area contributed by atoms with Gasteiger partial charge in [0.25, 0.3) is 5.91 Å². The maximum absolute atomic E-state index is 13.7. The lowest BCUT2D eigenvalue weighted by atomic mass is 10.0. The van der Waals surface area contributed by atoms with Crippen molar-refractivity contribution in [3.8, 4) is 0 Å². The Kier molecular flexibility index (Phi) is 4.83. The number of hydrogen-bond donors (Lipinski definition) is 1. The molecule has 1 N–H and O–H groups in total. The third-order valence-electron chi connectivity index (χ3n) is 5.16. The number of alkyl halides is 3. The average molecular weight is 422 g/mol. The molecule has 0 spiro atoms. The number of nitrogens with one attached hydrogen (secondary N) is 1. The van der Waals surface area contributed by atoms with Crippen LogP contribution in [0.5, 0.6) is 0 Å². The van der Waals surface area contributed by atoms with Crippen molar-refractivity contribution in [2.24, 2.45) is 7.05 Å². The lowest BCUT2D eigenvalue weighted by Crippen LogP contribution is -2.35. The fourth-order valence-corrected chi connectivity index (χ4v) is 3.68. The summed E-state index contributed by atoms with van der Waals surface area (Å²) in [6.45, 7) is 2.10. The van der Waals surface area contributed by atoms with Gasteiger partial charge in [-0.2, -0.15) is 23.4 Å². The van der Waals surface area contributed by atoms with E-state index in [2.05, 4.69) is 15.5 Å². The van der Waals surface area contributed by atoms with Gasteiger partial charge < -0.3 is 14.6 Å². The predicted octanol–water partition coefficient (Wildman–Crippen LogP) is 3.45. The third-order valence-corrected chi connectivity index (χ3v) is 5.16. The van der Waals surface area contributed by atoms with Gasteiger partial charge in [-0.25, -0.2) is 4.68 Å². The van der Waals surface area contributed by atoms with Crippen LogP contribution in [0.1, 0.15) is 46.0 Å². The summed E-state index contributed by atoms with van der Waals surface area (Å²) in [4.78, 5) is 14.3. The van der Waals surface area contributed by atoms with Gasteiger partial charge in [-0.1, -0.05) is 0 Å². The molecule has 0 radical (unpaired) electrons. The molecule has 0 fully saturated rings. The molecule has 0 aromatic carbocycles. The van der Waals surface area contributed by atoms with Crippen LogP contribution < -0.4 is 5.32 Å². The van der Waals surface area contributed by atoms with Gasteiger partial charge in [0.1, 0.15) is 11.6 Å². The fourth-order valence-electron chi connectivity index (χ4n) is 3.68. The Labute approximate surface area is 170 Å². The maximum Gasteiger partial charge on any atom is 0.410 e. The number of carbonyl (C=O) groups is 1. The van der Waals surface area contributed by atoms with Gasteiger partial charge in [0.15, 0.2) is 11.7 Å². The Morgan fingerprint density at radius 3 is 2.77 bits per heavy atom. The Balaban J connectivity index is 1.61. The minimum absolute atomic E-state index is 0.0594. The number of amides is 1. The van der Waals surface area contributed by atoms with Gasteiger partial charge in [-0.15, -0.1) is 0 Å². The van der Waals surface area contributed by atoms with E-state index in [0.29, 0.717) is 5.76 Å². The standard InChI is InChI=1S/C19H21F3N6O2/c1-11-12(10-27(3)24-11)9-26(2)18(29)14-8-17-23-13(15-5-4-6-30-15)7-16(19(20,21)22)28(17)25-14/h4-6,8,10,13,16,23H,7,9H2,1-3H3/t13-,16+/m0/s1. The summed E-state index contributed by atoms with van der Waals surface area (Å²) in [6, 6.07) is 2.05. The van der Waals surface area contributed by atoms with Crippen molar-refractivity contribution < 1.29 is 22.4 Å². The number of rotatable bonds is 4. The average Bonchev–Trinajstić information content (AvgIpc) is 3.39. The minimum Gasteiger partial charge on any atom is -0.467 e. The monoisotopic (exact) mass is 422 g/mol. The Bertz CT molecular complexity index is 1050. The van der Waals surface area contributed by atoms with Crippen LogP contribution in [-0.2, 0) is 13.6 Å². The highest BCUT2D eigenvalue weighted by atomic mass is 19.4. The van der Waals surface area contributed by atoms with Gasteiger partial charge in [0, 0.05) is 44.9 Å².